The lowest BCUT2D eigenvalue weighted by Gasteiger charge is -2.17. The summed E-state index contributed by atoms with van der Waals surface area (Å²) in [6, 6.07) is 13.7. The fraction of sp³-hybridized carbons (Fsp3) is 0.316. The van der Waals surface area contributed by atoms with E-state index in [-0.39, 0.29) is 5.91 Å². The van der Waals surface area contributed by atoms with Gasteiger partial charge in [-0.25, -0.2) is 0 Å². The smallest absolute Gasteiger partial charge is 0.232 e. The third kappa shape index (κ3) is 5.33. The van der Waals surface area contributed by atoms with Gasteiger partial charge in [-0.15, -0.1) is 21.5 Å². The fourth-order valence-corrected chi connectivity index (χ4v) is 4.03. The Bertz CT molecular complexity index is 850. The van der Waals surface area contributed by atoms with Gasteiger partial charge in [0.25, 0.3) is 0 Å². The van der Waals surface area contributed by atoms with Crippen LogP contribution in [0.5, 0.6) is 5.75 Å². The number of para-hydroxylation sites is 1. The average Bonchev–Trinajstić information content (AvgIpc) is 3.33. The van der Waals surface area contributed by atoms with Crippen molar-refractivity contribution in [3.63, 3.8) is 0 Å². The number of rotatable bonds is 9. The number of thiophene rings is 1. The molecule has 0 spiro atoms. The lowest BCUT2D eigenvalue weighted by atomic mass is 10.3. The van der Waals surface area contributed by atoms with Gasteiger partial charge < -0.3 is 14.2 Å². The molecular weight excluding hydrogens is 380 g/mol. The zero-order chi connectivity index (χ0) is 19.1. The summed E-state index contributed by atoms with van der Waals surface area (Å²) in [5.74, 6) is 2.09. The average molecular weight is 403 g/mol. The molecule has 0 bridgehead atoms. The lowest BCUT2D eigenvalue weighted by molar-refractivity contribution is -0.127. The van der Waals surface area contributed by atoms with E-state index in [1.807, 2.05) is 66.5 Å². The monoisotopic (exact) mass is 402 g/mol. The summed E-state index contributed by atoms with van der Waals surface area (Å²) >= 11 is 3.03. The second-order valence-electron chi connectivity index (χ2n) is 5.96. The largest absolute Gasteiger partial charge is 0.494 e. The summed E-state index contributed by atoms with van der Waals surface area (Å²) in [5, 5.41) is 11.2. The van der Waals surface area contributed by atoms with Crippen LogP contribution >= 0.6 is 23.1 Å². The number of ether oxygens (including phenoxy) is 1. The molecule has 2 heterocycles. The zero-order valence-electron chi connectivity index (χ0n) is 15.4. The fourth-order valence-electron chi connectivity index (χ4n) is 2.43. The van der Waals surface area contributed by atoms with Crippen LogP contribution in [0.3, 0.4) is 0 Å². The molecule has 0 aliphatic carbocycles. The summed E-state index contributed by atoms with van der Waals surface area (Å²) < 4.78 is 7.58. The number of amides is 1. The Kier molecular flexibility index (Phi) is 6.89. The Morgan fingerprint density at radius 3 is 2.78 bits per heavy atom. The maximum Gasteiger partial charge on any atom is 0.232 e. The molecule has 0 saturated heterocycles. The Morgan fingerprint density at radius 2 is 2.04 bits per heavy atom. The highest BCUT2D eigenvalue weighted by Gasteiger charge is 2.15. The topological polar surface area (TPSA) is 60.2 Å². The highest BCUT2D eigenvalue weighted by molar-refractivity contribution is 7.99. The van der Waals surface area contributed by atoms with Crippen LogP contribution < -0.4 is 4.74 Å². The minimum Gasteiger partial charge on any atom is -0.494 e. The number of aromatic nitrogens is 3. The molecule has 0 fully saturated rings. The maximum atomic E-state index is 12.3. The molecule has 27 heavy (non-hydrogen) atoms. The van der Waals surface area contributed by atoms with E-state index < -0.39 is 0 Å². The Labute approximate surface area is 167 Å². The van der Waals surface area contributed by atoms with Gasteiger partial charge in [0, 0.05) is 20.6 Å². The van der Waals surface area contributed by atoms with Crippen LogP contribution in [0.1, 0.15) is 6.42 Å². The highest BCUT2D eigenvalue weighted by Crippen LogP contribution is 2.26. The first-order valence-electron chi connectivity index (χ1n) is 8.63. The van der Waals surface area contributed by atoms with Crippen molar-refractivity contribution in [2.45, 2.75) is 11.6 Å². The van der Waals surface area contributed by atoms with Gasteiger partial charge in [0.1, 0.15) is 5.75 Å². The molecule has 3 aromatic rings. The summed E-state index contributed by atoms with van der Waals surface area (Å²) in [5.41, 5.74) is 0. The molecule has 0 radical (unpaired) electrons. The molecule has 0 aliphatic heterocycles. The van der Waals surface area contributed by atoms with Gasteiger partial charge in [0.2, 0.25) is 5.91 Å². The molecule has 0 unspecified atom stereocenters. The van der Waals surface area contributed by atoms with Crippen molar-refractivity contribution in [1.29, 1.82) is 0 Å². The number of benzene rings is 1. The quantitative estimate of drug-likeness (QED) is 0.405. The van der Waals surface area contributed by atoms with E-state index in [0.29, 0.717) is 18.9 Å². The van der Waals surface area contributed by atoms with Gasteiger partial charge in [-0.1, -0.05) is 36.0 Å². The van der Waals surface area contributed by atoms with Gasteiger partial charge in [-0.2, -0.15) is 0 Å². The molecule has 0 aliphatic rings. The number of hydrogen-bond donors (Lipinski definition) is 0. The Hall–Kier alpha value is -2.32. The van der Waals surface area contributed by atoms with E-state index >= 15 is 0 Å². The van der Waals surface area contributed by atoms with E-state index in [4.69, 9.17) is 4.74 Å². The van der Waals surface area contributed by atoms with Crippen molar-refractivity contribution in [3.8, 4) is 16.5 Å². The minimum absolute atomic E-state index is 0.0698. The summed E-state index contributed by atoms with van der Waals surface area (Å²) in [6.45, 7) is 1.24. The van der Waals surface area contributed by atoms with Gasteiger partial charge in [0.15, 0.2) is 11.0 Å². The van der Waals surface area contributed by atoms with E-state index in [1.54, 1.807) is 16.2 Å². The van der Waals surface area contributed by atoms with Crippen LogP contribution in [0, 0.1) is 0 Å². The summed E-state index contributed by atoms with van der Waals surface area (Å²) in [6.07, 6.45) is 0.786. The van der Waals surface area contributed by atoms with Crippen molar-refractivity contribution in [2.24, 2.45) is 7.05 Å². The second kappa shape index (κ2) is 9.57. The molecule has 8 heteroatoms. The van der Waals surface area contributed by atoms with E-state index in [0.717, 1.165) is 28.0 Å². The molecule has 0 N–H and O–H groups in total. The van der Waals surface area contributed by atoms with Crippen molar-refractivity contribution < 1.29 is 9.53 Å². The standard InChI is InChI=1S/C19H22N4O2S2/c1-22(11-7-12-25-15-8-4-3-5-9-15)17(24)14-27-19-21-20-18(23(19)2)16-10-6-13-26-16/h3-6,8-10,13H,7,11-12,14H2,1-2H3. The van der Waals surface area contributed by atoms with Crippen LogP contribution in [-0.4, -0.2) is 51.5 Å². The lowest BCUT2D eigenvalue weighted by Crippen LogP contribution is -2.30. The first kappa shape index (κ1) is 19.4. The van der Waals surface area contributed by atoms with Crippen LogP contribution in [0.15, 0.2) is 53.0 Å². The molecule has 6 nitrogen and oxygen atoms in total. The third-order valence-electron chi connectivity index (χ3n) is 3.98. The molecule has 3 rings (SSSR count). The second-order valence-corrected chi connectivity index (χ2v) is 7.85. The number of nitrogens with zero attached hydrogens (tertiary/aromatic N) is 4. The summed E-state index contributed by atoms with van der Waals surface area (Å²) in [7, 11) is 3.74. The number of hydrogen-bond acceptors (Lipinski definition) is 6. The van der Waals surface area contributed by atoms with Crippen LogP contribution in [0.25, 0.3) is 10.7 Å². The third-order valence-corrected chi connectivity index (χ3v) is 5.85. The Balaban J connectivity index is 1.41. The van der Waals surface area contributed by atoms with E-state index in [9.17, 15) is 4.79 Å². The van der Waals surface area contributed by atoms with Crippen LogP contribution in [-0.2, 0) is 11.8 Å². The normalized spacial score (nSPS) is 10.7. The molecule has 2 aromatic heterocycles. The van der Waals surface area contributed by atoms with Gasteiger partial charge in [-0.3, -0.25) is 4.79 Å². The predicted molar refractivity (Wildman–Crippen MR) is 109 cm³/mol. The summed E-state index contributed by atoms with van der Waals surface area (Å²) in [4.78, 5) is 15.1. The number of thioether (sulfide) groups is 1. The predicted octanol–water partition coefficient (Wildman–Crippen LogP) is 3.56. The minimum atomic E-state index is 0.0698. The number of carbonyl (C=O) groups is 1. The first-order chi connectivity index (χ1) is 13.1. The van der Waals surface area contributed by atoms with Crippen molar-refractivity contribution in [1.82, 2.24) is 19.7 Å². The van der Waals surface area contributed by atoms with Crippen molar-refractivity contribution >= 4 is 29.0 Å². The molecule has 0 atom stereocenters. The molecule has 1 aromatic carbocycles. The molecular formula is C19H22N4O2S2. The van der Waals surface area contributed by atoms with E-state index in [1.165, 1.54) is 11.8 Å². The molecule has 1 amide bonds. The SMILES string of the molecule is CN(CCCOc1ccccc1)C(=O)CSc1nnc(-c2cccs2)n1C. The van der Waals surface area contributed by atoms with E-state index in [2.05, 4.69) is 10.2 Å². The zero-order valence-corrected chi connectivity index (χ0v) is 17.0. The molecule has 142 valence electrons. The highest BCUT2D eigenvalue weighted by atomic mass is 32.2. The Morgan fingerprint density at radius 1 is 1.22 bits per heavy atom. The van der Waals surface area contributed by atoms with Gasteiger partial charge in [0.05, 0.1) is 17.2 Å². The first-order valence-corrected chi connectivity index (χ1v) is 10.5. The number of carbonyl (C=O) groups excluding carboxylic acids is 1. The van der Waals surface area contributed by atoms with Gasteiger partial charge >= 0.3 is 0 Å². The van der Waals surface area contributed by atoms with Crippen LogP contribution in [0.2, 0.25) is 0 Å². The maximum absolute atomic E-state index is 12.3. The molecule has 0 saturated carbocycles. The van der Waals surface area contributed by atoms with Crippen LogP contribution in [0.4, 0.5) is 0 Å². The van der Waals surface area contributed by atoms with Gasteiger partial charge in [-0.05, 0) is 30.0 Å². The van der Waals surface area contributed by atoms with Crippen molar-refractivity contribution in [2.75, 3.05) is 26.0 Å². The van der Waals surface area contributed by atoms with Crippen molar-refractivity contribution in [3.05, 3.63) is 47.8 Å².